The Hall–Kier alpha value is -3.34. The fourth-order valence-electron chi connectivity index (χ4n) is 2.94. The quantitative estimate of drug-likeness (QED) is 0.691. The van der Waals surface area contributed by atoms with E-state index in [4.69, 9.17) is 0 Å². The maximum Gasteiger partial charge on any atom is 0.252 e. The second-order valence-electron chi connectivity index (χ2n) is 6.34. The van der Waals surface area contributed by atoms with Crippen molar-refractivity contribution in [3.63, 3.8) is 0 Å². The number of aromatic hydroxyl groups is 1. The molecule has 3 aromatic rings. The van der Waals surface area contributed by atoms with Crippen molar-refractivity contribution in [1.29, 1.82) is 0 Å². The van der Waals surface area contributed by atoms with Gasteiger partial charge in [0.2, 0.25) is 0 Å². The van der Waals surface area contributed by atoms with Crippen LogP contribution < -0.4 is 5.43 Å². The van der Waals surface area contributed by atoms with Gasteiger partial charge in [0, 0.05) is 5.56 Å². The van der Waals surface area contributed by atoms with Crippen molar-refractivity contribution < 1.29 is 10.2 Å². The Balaban J connectivity index is 2.28. The van der Waals surface area contributed by atoms with Crippen molar-refractivity contribution in [2.24, 2.45) is 0 Å². The average Bonchev–Trinajstić information content (AvgIpc) is 2.63. The SMILES string of the molecule is C=C(O)c1nn(-c2ccccc2-c2ccccc2C(C)C)cc(O)c1=O. The molecule has 1 heterocycles. The summed E-state index contributed by atoms with van der Waals surface area (Å²) in [6, 6.07) is 15.6. The van der Waals surface area contributed by atoms with Crippen LogP contribution in [0.1, 0.15) is 31.0 Å². The molecular weight excluding hydrogens is 328 g/mol. The fourth-order valence-corrected chi connectivity index (χ4v) is 2.94. The number of hydrogen-bond donors (Lipinski definition) is 2. The molecule has 0 amide bonds. The van der Waals surface area contributed by atoms with Crippen LogP contribution in [0, 0.1) is 0 Å². The van der Waals surface area contributed by atoms with Gasteiger partial charge in [-0.3, -0.25) is 4.79 Å². The van der Waals surface area contributed by atoms with Gasteiger partial charge in [-0.25, -0.2) is 4.68 Å². The Bertz CT molecular complexity index is 1040. The third-order valence-corrected chi connectivity index (χ3v) is 4.20. The number of hydrogen-bond acceptors (Lipinski definition) is 4. The molecule has 2 N–H and O–H groups in total. The zero-order valence-electron chi connectivity index (χ0n) is 14.7. The van der Waals surface area contributed by atoms with Crippen LogP contribution in [0.25, 0.3) is 22.6 Å². The van der Waals surface area contributed by atoms with Crippen LogP contribution in [0.4, 0.5) is 0 Å². The van der Waals surface area contributed by atoms with E-state index in [1.807, 2.05) is 42.5 Å². The first kappa shape index (κ1) is 17.5. The Kier molecular flexibility index (Phi) is 4.63. The lowest BCUT2D eigenvalue weighted by molar-refractivity contribution is 0.455. The molecule has 26 heavy (non-hydrogen) atoms. The van der Waals surface area contributed by atoms with Crippen molar-refractivity contribution in [3.05, 3.63) is 82.8 Å². The number of aliphatic hydroxyl groups excluding tert-OH is 1. The van der Waals surface area contributed by atoms with Crippen LogP contribution in [0.5, 0.6) is 5.75 Å². The topological polar surface area (TPSA) is 75.3 Å². The van der Waals surface area contributed by atoms with Gasteiger partial charge in [0.15, 0.2) is 11.4 Å². The summed E-state index contributed by atoms with van der Waals surface area (Å²) < 4.78 is 1.39. The summed E-state index contributed by atoms with van der Waals surface area (Å²) in [7, 11) is 0. The molecule has 0 spiro atoms. The smallest absolute Gasteiger partial charge is 0.252 e. The van der Waals surface area contributed by atoms with Gasteiger partial charge in [-0.05, 0) is 23.1 Å². The highest BCUT2D eigenvalue weighted by Crippen LogP contribution is 2.33. The summed E-state index contributed by atoms with van der Waals surface area (Å²) in [6.45, 7) is 7.60. The zero-order chi connectivity index (χ0) is 18.8. The molecule has 2 aromatic carbocycles. The van der Waals surface area contributed by atoms with Gasteiger partial charge in [-0.1, -0.05) is 62.9 Å². The Morgan fingerprint density at radius 2 is 1.69 bits per heavy atom. The van der Waals surface area contributed by atoms with Crippen LogP contribution in [0.15, 0.2) is 66.1 Å². The van der Waals surface area contributed by atoms with Crippen molar-refractivity contribution in [1.82, 2.24) is 9.78 Å². The standard InChI is InChI=1S/C21H20N2O3/c1-13(2)15-8-4-5-9-16(15)17-10-6-7-11-18(17)23-12-19(25)21(26)20(22-23)14(3)24/h4-13,24-25H,3H2,1-2H3. The fraction of sp³-hybridized carbons (Fsp3) is 0.143. The summed E-state index contributed by atoms with van der Waals surface area (Å²) in [5, 5.41) is 23.8. The molecule has 0 fully saturated rings. The van der Waals surface area contributed by atoms with Crippen molar-refractivity contribution in [2.75, 3.05) is 0 Å². The second kappa shape index (κ2) is 6.88. The highest BCUT2D eigenvalue weighted by atomic mass is 16.3. The minimum absolute atomic E-state index is 0.281. The van der Waals surface area contributed by atoms with Gasteiger partial charge in [0.25, 0.3) is 5.43 Å². The van der Waals surface area contributed by atoms with E-state index < -0.39 is 16.9 Å². The number of rotatable bonds is 4. The molecule has 5 nitrogen and oxygen atoms in total. The van der Waals surface area contributed by atoms with E-state index in [1.54, 1.807) is 0 Å². The van der Waals surface area contributed by atoms with Crippen LogP contribution in [-0.4, -0.2) is 20.0 Å². The highest BCUT2D eigenvalue weighted by molar-refractivity contribution is 5.76. The monoisotopic (exact) mass is 348 g/mol. The number of benzene rings is 2. The molecule has 0 atom stereocenters. The van der Waals surface area contributed by atoms with E-state index >= 15 is 0 Å². The van der Waals surface area contributed by atoms with Crippen LogP contribution in [0.2, 0.25) is 0 Å². The second-order valence-corrected chi connectivity index (χ2v) is 6.34. The number of aromatic nitrogens is 2. The molecule has 0 unspecified atom stereocenters. The minimum Gasteiger partial charge on any atom is -0.506 e. The Morgan fingerprint density at radius 1 is 1.08 bits per heavy atom. The molecular formula is C21H20N2O3. The Labute approximate surface area is 151 Å². The zero-order valence-corrected chi connectivity index (χ0v) is 14.7. The normalized spacial score (nSPS) is 10.9. The van der Waals surface area contributed by atoms with Gasteiger partial charge < -0.3 is 10.2 Å². The van der Waals surface area contributed by atoms with E-state index in [9.17, 15) is 15.0 Å². The third-order valence-electron chi connectivity index (χ3n) is 4.20. The van der Waals surface area contributed by atoms with Gasteiger partial charge in [-0.2, -0.15) is 5.10 Å². The largest absolute Gasteiger partial charge is 0.506 e. The lowest BCUT2D eigenvalue weighted by atomic mass is 9.92. The highest BCUT2D eigenvalue weighted by Gasteiger charge is 2.16. The van der Waals surface area contributed by atoms with E-state index in [1.165, 1.54) is 16.4 Å². The summed E-state index contributed by atoms with van der Waals surface area (Å²) in [6.07, 6.45) is 1.24. The van der Waals surface area contributed by atoms with Crippen molar-refractivity contribution >= 4 is 5.76 Å². The van der Waals surface area contributed by atoms with Crippen molar-refractivity contribution in [3.8, 4) is 22.6 Å². The predicted molar refractivity (Wildman–Crippen MR) is 103 cm³/mol. The Morgan fingerprint density at radius 3 is 2.35 bits per heavy atom. The van der Waals surface area contributed by atoms with Crippen LogP contribution >= 0.6 is 0 Å². The molecule has 3 rings (SSSR count). The first-order valence-corrected chi connectivity index (χ1v) is 8.30. The molecule has 0 bridgehead atoms. The average molecular weight is 348 g/mol. The predicted octanol–water partition coefficient (Wildman–Crippen LogP) is 4.26. The van der Waals surface area contributed by atoms with Crippen molar-refractivity contribution in [2.45, 2.75) is 19.8 Å². The number of nitrogens with zero attached hydrogens (tertiary/aromatic N) is 2. The van der Waals surface area contributed by atoms with Gasteiger partial charge in [0.05, 0.1) is 11.9 Å². The molecule has 1 aromatic heterocycles. The summed E-state index contributed by atoms with van der Waals surface area (Å²) in [5.74, 6) is -0.667. The van der Waals surface area contributed by atoms with Gasteiger partial charge in [-0.15, -0.1) is 0 Å². The summed E-state index contributed by atoms with van der Waals surface area (Å²) in [4.78, 5) is 11.9. The van der Waals surface area contributed by atoms with Crippen LogP contribution in [0.3, 0.4) is 0 Å². The van der Waals surface area contributed by atoms with E-state index in [0.29, 0.717) is 11.6 Å². The van der Waals surface area contributed by atoms with Gasteiger partial charge in [0.1, 0.15) is 5.76 Å². The van der Waals surface area contributed by atoms with E-state index in [2.05, 4.69) is 31.6 Å². The maximum atomic E-state index is 11.9. The molecule has 5 heteroatoms. The molecule has 0 aliphatic carbocycles. The summed E-state index contributed by atoms with van der Waals surface area (Å²) in [5.41, 5.74) is 2.77. The molecule has 0 aliphatic heterocycles. The van der Waals surface area contributed by atoms with E-state index in [0.717, 1.165) is 11.1 Å². The lowest BCUT2D eigenvalue weighted by Crippen LogP contribution is -2.16. The van der Waals surface area contributed by atoms with E-state index in [-0.39, 0.29) is 5.69 Å². The minimum atomic E-state index is -0.756. The number of para-hydroxylation sites is 1. The number of aliphatic hydroxyl groups is 1. The molecule has 132 valence electrons. The molecule has 0 saturated heterocycles. The molecule has 0 radical (unpaired) electrons. The first-order valence-electron chi connectivity index (χ1n) is 8.30. The molecule has 0 aliphatic rings. The third kappa shape index (κ3) is 3.11. The maximum absolute atomic E-state index is 11.9. The summed E-state index contributed by atoms with van der Waals surface area (Å²) >= 11 is 0. The lowest BCUT2D eigenvalue weighted by Gasteiger charge is -2.17. The van der Waals surface area contributed by atoms with Gasteiger partial charge >= 0.3 is 0 Å². The molecule has 0 saturated carbocycles. The first-order chi connectivity index (χ1) is 12.4. The van der Waals surface area contributed by atoms with Crippen LogP contribution in [-0.2, 0) is 0 Å².